The summed E-state index contributed by atoms with van der Waals surface area (Å²) in [6.45, 7) is 6.52. The number of hydrogen-bond acceptors (Lipinski definition) is 6. The Balaban J connectivity index is 1.57. The van der Waals surface area contributed by atoms with Crippen LogP contribution in [0.2, 0.25) is 0 Å². The Morgan fingerprint density at radius 3 is 2.73 bits per heavy atom. The summed E-state index contributed by atoms with van der Waals surface area (Å²) in [7, 11) is 3.37. The first kappa shape index (κ1) is 22.4. The highest BCUT2D eigenvalue weighted by molar-refractivity contribution is 5.83. The third kappa shape index (κ3) is 4.70. The van der Waals surface area contributed by atoms with E-state index in [0.717, 1.165) is 22.7 Å². The third-order valence-corrected chi connectivity index (χ3v) is 5.60. The maximum atomic E-state index is 12.3. The molecule has 0 spiro atoms. The second-order valence-electron chi connectivity index (χ2n) is 8.29. The van der Waals surface area contributed by atoms with Gasteiger partial charge in [-0.3, -0.25) is 9.63 Å². The average molecular weight is 448 g/mol. The van der Waals surface area contributed by atoms with E-state index in [9.17, 15) is 4.79 Å². The minimum atomic E-state index is -0.650. The number of carbonyl (C=O) groups is 1. The number of hydrogen-bond donors (Lipinski definition) is 2. The monoisotopic (exact) mass is 447 g/mol. The van der Waals surface area contributed by atoms with Gasteiger partial charge in [0.25, 0.3) is 5.91 Å². The van der Waals surface area contributed by atoms with Crippen LogP contribution in [0, 0.1) is 6.92 Å². The summed E-state index contributed by atoms with van der Waals surface area (Å²) in [6.07, 6.45) is 7.00. The van der Waals surface area contributed by atoms with Gasteiger partial charge in [-0.15, -0.1) is 0 Å². The van der Waals surface area contributed by atoms with Crippen molar-refractivity contribution in [2.45, 2.75) is 32.7 Å². The van der Waals surface area contributed by atoms with Crippen LogP contribution in [0.25, 0.3) is 11.0 Å². The number of aromatic nitrogens is 2. The largest absolute Gasteiger partial charge is 0.379 e. The number of amides is 1. The van der Waals surface area contributed by atoms with Crippen molar-refractivity contribution in [3.8, 4) is 5.75 Å². The normalized spacial score (nSPS) is 15.3. The predicted octanol–water partition coefficient (Wildman–Crippen LogP) is 4.47. The van der Waals surface area contributed by atoms with Crippen LogP contribution in [0.3, 0.4) is 0 Å². The molecule has 2 N–H and O–H groups in total. The number of aryl methyl sites for hydroxylation is 2. The Kier molecular flexibility index (Phi) is 6.37. The van der Waals surface area contributed by atoms with Crippen molar-refractivity contribution < 1.29 is 14.5 Å². The van der Waals surface area contributed by atoms with Gasteiger partial charge >= 0.3 is 0 Å². The number of hydroxylamine groups is 3. The Morgan fingerprint density at radius 1 is 1.15 bits per heavy atom. The van der Waals surface area contributed by atoms with E-state index in [1.165, 1.54) is 23.3 Å². The molecule has 8 heteroatoms. The smallest absolute Gasteiger partial charge is 0.273 e. The van der Waals surface area contributed by atoms with Crippen LogP contribution in [-0.4, -0.2) is 33.7 Å². The van der Waals surface area contributed by atoms with Gasteiger partial charge in [0, 0.05) is 25.0 Å². The Bertz CT molecular complexity index is 1230. The molecule has 0 aliphatic carbocycles. The van der Waals surface area contributed by atoms with Crippen LogP contribution in [-0.2, 0) is 16.7 Å². The third-order valence-electron chi connectivity index (χ3n) is 5.60. The zero-order valence-electron chi connectivity index (χ0n) is 19.5. The summed E-state index contributed by atoms with van der Waals surface area (Å²) in [5.41, 5.74) is 7.67. The summed E-state index contributed by atoms with van der Waals surface area (Å²) in [6, 6.07) is 11.4. The minimum Gasteiger partial charge on any atom is -0.379 e. The number of carbonyl (C=O) groups excluding carboxylic acids is 1. The van der Waals surface area contributed by atoms with E-state index in [1.807, 2.05) is 29.8 Å². The van der Waals surface area contributed by atoms with Crippen molar-refractivity contribution in [3.05, 3.63) is 72.0 Å². The summed E-state index contributed by atoms with van der Waals surface area (Å²) in [5, 5.41) is 4.90. The molecule has 2 heterocycles. The van der Waals surface area contributed by atoms with E-state index in [0.29, 0.717) is 11.7 Å². The number of fused-ring (bicyclic) bond motifs is 1. The van der Waals surface area contributed by atoms with Crippen molar-refractivity contribution in [1.29, 1.82) is 0 Å². The van der Waals surface area contributed by atoms with E-state index in [2.05, 4.69) is 49.8 Å². The van der Waals surface area contributed by atoms with Crippen molar-refractivity contribution in [1.82, 2.24) is 20.1 Å². The zero-order valence-corrected chi connectivity index (χ0v) is 19.5. The molecule has 1 unspecified atom stereocenters. The molecule has 0 saturated carbocycles. The van der Waals surface area contributed by atoms with Gasteiger partial charge < -0.3 is 14.7 Å². The minimum absolute atomic E-state index is 0.331. The predicted molar refractivity (Wildman–Crippen MR) is 129 cm³/mol. The fourth-order valence-corrected chi connectivity index (χ4v) is 3.87. The number of benzene rings is 2. The van der Waals surface area contributed by atoms with Gasteiger partial charge in [0.05, 0.1) is 18.1 Å². The molecule has 0 radical (unpaired) electrons. The highest BCUT2D eigenvalue weighted by Gasteiger charge is 2.25. The standard InChI is InChI=1S/C25H29N5O3/c1-16(2)20-14-18(10-9-17(20)3)26-25-27-21-15-19(11-12-22(21)29(25)4)33-30-13-7-6-8-23(30)24(31)28-32-5/h6-16,23H,1-5H3,(H,26,27)(H,28,31). The highest BCUT2D eigenvalue weighted by atomic mass is 16.7. The van der Waals surface area contributed by atoms with Crippen LogP contribution in [0.15, 0.2) is 60.8 Å². The van der Waals surface area contributed by atoms with Gasteiger partial charge in [-0.25, -0.2) is 15.5 Å². The molecular formula is C25H29N5O3. The van der Waals surface area contributed by atoms with Crippen LogP contribution in [0.1, 0.15) is 30.9 Å². The number of nitrogens with one attached hydrogen (secondary N) is 2. The molecule has 1 amide bonds. The number of imidazole rings is 1. The number of anilines is 2. The molecule has 1 aromatic heterocycles. The van der Waals surface area contributed by atoms with Crippen LogP contribution < -0.4 is 15.6 Å². The van der Waals surface area contributed by atoms with Gasteiger partial charge in [-0.1, -0.05) is 26.0 Å². The molecule has 1 aliphatic rings. The highest BCUT2D eigenvalue weighted by Crippen LogP contribution is 2.28. The first-order chi connectivity index (χ1) is 15.9. The van der Waals surface area contributed by atoms with Gasteiger partial charge in [0.1, 0.15) is 0 Å². The Labute approximate surface area is 193 Å². The summed E-state index contributed by atoms with van der Waals surface area (Å²) >= 11 is 0. The van der Waals surface area contributed by atoms with E-state index in [4.69, 9.17) is 14.7 Å². The molecule has 0 bridgehead atoms. The summed E-state index contributed by atoms with van der Waals surface area (Å²) in [4.78, 5) is 27.7. The Hall–Kier alpha value is -3.78. The number of rotatable bonds is 7. The van der Waals surface area contributed by atoms with Crippen LogP contribution in [0.4, 0.5) is 11.6 Å². The maximum Gasteiger partial charge on any atom is 0.273 e. The lowest BCUT2D eigenvalue weighted by molar-refractivity contribution is -0.143. The maximum absolute atomic E-state index is 12.3. The zero-order chi connectivity index (χ0) is 23.5. The fourth-order valence-electron chi connectivity index (χ4n) is 3.87. The van der Waals surface area contributed by atoms with E-state index in [-0.39, 0.29) is 5.91 Å². The fraction of sp³-hybridized carbons (Fsp3) is 0.280. The SMILES string of the molecule is CONC(=O)C1C=CC=CN1Oc1ccc2c(c1)nc(Nc1ccc(C)c(C(C)C)c1)n2C. The first-order valence-electron chi connectivity index (χ1n) is 10.9. The van der Waals surface area contributed by atoms with Crippen molar-refractivity contribution in [2.75, 3.05) is 12.4 Å². The molecule has 3 aromatic rings. The van der Waals surface area contributed by atoms with E-state index >= 15 is 0 Å². The second-order valence-corrected chi connectivity index (χ2v) is 8.29. The molecule has 0 saturated heterocycles. The number of nitrogens with zero attached hydrogens (tertiary/aromatic N) is 3. The van der Waals surface area contributed by atoms with Gasteiger partial charge in [-0.05, 0) is 60.4 Å². The Morgan fingerprint density at radius 2 is 1.97 bits per heavy atom. The quantitative estimate of drug-likeness (QED) is 0.520. The topological polar surface area (TPSA) is 80.7 Å². The van der Waals surface area contributed by atoms with Crippen molar-refractivity contribution >= 4 is 28.6 Å². The molecular weight excluding hydrogens is 418 g/mol. The molecule has 2 aromatic carbocycles. The number of allylic oxidation sites excluding steroid dienone is 2. The molecule has 33 heavy (non-hydrogen) atoms. The lowest BCUT2D eigenvalue weighted by Gasteiger charge is -2.28. The van der Waals surface area contributed by atoms with Gasteiger partial charge in [0.15, 0.2) is 11.8 Å². The second kappa shape index (κ2) is 9.38. The van der Waals surface area contributed by atoms with Crippen molar-refractivity contribution in [2.24, 2.45) is 7.05 Å². The van der Waals surface area contributed by atoms with Gasteiger partial charge in [-0.2, -0.15) is 0 Å². The molecule has 1 aliphatic heterocycles. The van der Waals surface area contributed by atoms with Crippen LogP contribution in [0.5, 0.6) is 5.75 Å². The molecule has 1 atom stereocenters. The molecule has 0 fully saturated rings. The lowest BCUT2D eigenvalue weighted by atomic mass is 9.97. The van der Waals surface area contributed by atoms with Gasteiger partial charge in [0.2, 0.25) is 5.95 Å². The first-order valence-corrected chi connectivity index (χ1v) is 10.9. The summed E-state index contributed by atoms with van der Waals surface area (Å²) < 4.78 is 2.01. The molecule has 4 rings (SSSR count). The summed E-state index contributed by atoms with van der Waals surface area (Å²) in [5.74, 6) is 1.42. The van der Waals surface area contributed by atoms with Crippen molar-refractivity contribution in [3.63, 3.8) is 0 Å². The van der Waals surface area contributed by atoms with E-state index < -0.39 is 6.04 Å². The lowest BCUT2D eigenvalue weighted by Crippen LogP contribution is -2.45. The molecule has 8 nitrogen and oxygen atoms in total. The van der Waals surface area contributed by atoms with Crippen LogP contribution >= 0.6 is 0 Å². The molecule has 172 valence electrons. The average Bonchev–Trinajstić information content (AvgIpc) is 3.10. The van der Waals surface area contributed by atoms with E-state index in [1.54, 1.807) is 24.4 Å².